The van der Waals surface area contributed by atoms with Gasteiger partial charge in [-0.05, 0) is 57.1 Å². The van der Waals surface area contributed by atoms with Crippen molar-refractivity contribution in [2.75, 3.05) is 0 Å². The summed E-state index contributed by atoms with van der Waals surface area (Å²) in [6.07, 6.45) is 9.41. The Morgan fingerprint density at radius 1 is 0.643 bits per heavy atom. The zero-order valence-corrected chi connectivity index (χ0v) is 16.4. The van der Waals surface area contributed by atoms with Crippen molar-refractivity contribution < 1.29 is 9.90 Å². The number of carbonyl (C=O) groups is 1. The number of carboxylic acids is 1. The summed E-state index contributed by atoms with van der Waals surface area (Å²) in [5, 5.41) is 16.9. The number of rotatable bonds is 10. The highest BCUT2D eigenvalue weighted by Gasteiger charge is 2.10. The Hall–Kier alpha value is -2.61. The van der Waals surface area contributed by atoms with E-state index < -0.39 is 5.97 Å². The third kappa shape index (κ3) is 3.96. The van der Waals surface area contributed by atoms with Crippen molar-refractivity contribution in [3.05, 3.63) is 60.2 Å². The fraction of sp³-hybridized carbons (Fsp3) is 0.346. The molecule has 0 radical (unpaired) electrons. The number of hydrogen-bond donors (Lipinski definition) is 1. The highest BCUT2D eigenvalue weighted by Crippen LogP contribution is 2.36. The molecule has 0 saturated carbocycles. The van der Waals surface area contributed by atoms with Crippen LogP contribution in [0.5, 0.6) is 0 Å². The van der Waals surface area contributed by atoms with Crippen molar-refractivity contribution in [2.24, 2.45) is 0 Å². The summed E-state index contributed by atoms with van der Waals surface area (Å²) in [6.45, 7) is 0. The molecule has 0 fully saturated rings. The van der Waals surface area contributed by atoms with Gasteiger partial charge in [-0.25, -0.2) is 0 Å². The summed E-state index contributed by atoms with van der Waals surface area (Å²) >= 11 is 0. The van der Waals surface area contributed by atoms with Gasteiger partial charge in [-0.3, -0.25) is 4.79 Å². The Morgan fingerprint density at radius 3 is 1.93 bits per heavy atom. The van der Waals surface area contributed by atoms with E-state index in [1.54, 1.807) is 0 Å². The van der Waals surface area contributed by atoms with Gasteiger partial charge in [0.2, 0.25) is 0 Å². The topological polar surface area (TPSA) is 37.3 Å². The van der Waals surface area contributed by atoms with E-state index in [1.165, 1.54) is 63.6 Å². The zero-order chi connectivity index (χ0) is 19.3. The highest BCUT2D eigenvalue weighted by molar-refractivity contribution is 6.23. The van der Waals surface area contributed by atoms with Gasteiger partial charge in [-0.2, -0.15) is 0 Å². The van der Waals surface area contributed by atoms with Gasteiger partial charge in [0.05, 0.1) is 0 Å². The Balaban J connectivity index is 1.38. The molecule has 4 aromatic rings. The van der Waals surface area contributed by atoms with Crippen LogP contribution in [0.4, 0.5) is 0 Å². The fourth-order valence-corrected chi connectivity index (χ4v) is 4.49. The van der Waals surface area contributed by atoms with Crippen molar-refractivity contribution in [1.82, 2.24) is 0 Å². The van der Waals surface area contributed by atoms with Crippen LogP contribution >= 0.6 is 0 Å². The van der Waals surface area contributed by atoms with Gasteiger partial charge >= 0.3 is 5.97 Å². The van der Waals surface area contributed by atoms with E-state index in [1.807, 2.05) is 0 Å². The van der Waals surface area contributed by atoms with Crippen molar-refractivity contribution in [3.63, 3.8) is 0 Å². The van der Waals surface area contributed by atoms with Crippen molar-refractivity contribution >= 4 is 38.3 Å². The molecule has 0 aliphatic carbocycles. The molecule has 0 aliphatic rings. The van der Waals surface area contributed by atoms with Gasteiger partial charge < -0.3 is 5.11 Å². The van der Waals surface area contributed by atoms with E-state index in [0.717, 1.165) is 25.7 Å². The number of unbranched alkanes of at least 4 members (excludes halogenated alkanes) is 6. The predicted octanol–water partition coefficient (Wildman–Crippen LogP) is 7.33. The lowest BCUT2D eigenvalue weighted by Crippen LogP contribution is -1.93. The van der Waals surface area contributed by atoms with Gasteiger partial charge in [0.1, 0.15) is 0 Å². The maximum absolute atomic E-state index is 10.5. The van der Waals surface area contributed by atoms with Crippen molar-refractivity contribution in [3.8, 4) is 0 Å². The molecule has 1 N–H and O–H groups in total. The number of aliphatic carboxylic acids is 1. The second kappa shape index (κ2) is 8.60. The van der Waals surface area contributed by atoms with Crippen LogP contribution in [0.15, 0.2) is 54.6 Å². The van der Waals surface area contributed by atoms with Gasteiger partial charge in [-0.1, -0.05) is 86.7 Å². The lowest BCUT2D eigenvalue weighted by Gasteiger charge is -2.14. The molecule has 2 heteroatoms. The average molecular weight is 373 g/mol. The normalized spacial score (nSPS) is 11.7. The SMILES string of the molecule is O=C(O)CCCCCCCCCc1ccc2ccc3cccc4ccc1c2c34. The van der Waals surface area contributed by atoms with E-state index in [-0.39, 0.29) is 0 Å². The molecule has 0 aliphatic heterocycles. The van der Waals surface area contributed by atoms with Crippen LogP contribution in [0.25, 0.3) is 32.3 Å². The third-order valence-electron chi connectivity index (χ3n) is 5.96. The molecular weight excluding hydrogens is 344 g/mol. The van der Waals surface area contributed by atoms with Gasteiger partial charge in [-0.15, -0.1) is 0 Å². The van der Waals surface area contributed by atoms with Crippen molar-refractivity contribution in [2.45, 2.75) is 57.8 Å². The minimum atomic E-state index is -0.673. The molecule has 0 saturated heterocycles. The minimum absolute atomic E-state index is 0.314. The predicted molar refractivity (Wildman–Crippen MR) is 118 cm³/mol. The van der Waals surface area contributed by atoms with E-state index in [4.69, 9.17) is 5.11 Å². The average Bonchev–Trinajstić information content (AvgIpc) is 2.71. The van der Waals surface area contributed by atoms with E-state index in [9.17, 15) is 4.79 Å². The third-order valence-corrected chi connectivity index (χ3v) is 5.96. The van der Waals surface area contributed by atoms with E-state index >= 15 is 0 Å². The first-order valence-electron chi connectivity index (χ1n) is 10.6. The Kier molecular flexibility index (Phi) is 5.76. The molecule has 0 amide bonds. The first kappa shape index (κ1) is 18.7. The largest absolute Gasteiger partial charge is 0.481 e. The Labute approximate surface area is 166 Å². The smallest absolute Gasteiger partial charge is 0.303 e. The summed E-state index contributed by atoms with van der Waals surface area (Å²) in [6, 6.07) is 20.2. The summed E-state index contributed by atoms with van der Waals surface area (Å²) in [5.74, 6) is -0.673. The van der Waals surface area contributed by atoms with E-state index in [2.05, 4.69) is 54.6 Å². The van der Waals surface area contributed by atoms with Crippen LogP contribution in [0.2, 0.25) is 0 Å². The van der Waals surface area contributed by atoms with Crippen LogP contribution in [0.1, 0.15) is 56.9 Å². The van der Waals surface area contributed by atoms with Gasteiger partial charge in [0, 0.05) is 6.42 Å². The zero-order valence-electron chi connectivity index (χ0n) is 16.4. The van der Waals surface area contributed by atoms with Crippen LogP contribution in [-0.4, -0.2) is 11.1 Å². The Bertz CT molecular complexity index is 1060. The molecule has 144 valence electrons. The van der Waals surface area contributed by atoms with Gasteiger partial charge in [0.25, 0.3) is 0 Å². The van der Waals surface area contributed by atoms with E-state index in [0.29, 0.717) is 6.42 Å². The van der Waals surface area contributed by atoms with Crippen LogP contribution in [0, 0.1) is 0 Å². The first-order valence-corrected chi connectivity index (χ1v) is 10.6. The maximum atomic E-state index is 10.5. The second-order valence-corrected chi connectivity index (χ2v) is 7.95. The molecule has 0 spiro atoms. The van der Waals surface area contributed by atoms with Gasteiger partial charge in [0.15, 0.2) is 0 Å². The molecule has 28 heavy (non-hydrogen) atoms. The molecule has 0 unspecified atom stereocenters. The number of benzene rings is 4. The quantitative estimate of drug-likeness (QED) is 0.234. The molecule has 4 rings (SSSR count). The first-order chi connectivity index (χ1) is 13.7. The highest BCUT2D eigenvalue weighted by atomic mass is 16.4. The van der Waals surface area contributed by atoms with Crippen LogP contribution in [-0.2, 0) is 11.2 Å². The standard InChI is InChI=1S/C26H28O2/c27-24(28)12-7-5-3-1-2-4-6-9-19-13-14-22-16-15-20-10-8-11-21-17-18-23(19)26(22)25(20)21/h8,10-11,13-18H,1-7,9,12H2,(H,27,28). The minimum Gasteiger partial charge on any atom is -0.481 e. The fourth-order valence-electron chi connectivity index (χ4n) is 4.49. The molecular formula is C26H28O2. The lowest BCUT2D eigenvalue weighted by atomic mass is 9.90. The van der Waals surface area contributed by atoms with Crippen molar-refractivity contribution in [1.29, 1.82) is 0 Å². The molecule has 0 aromatic heterocycles. The summed E-state index contributed by atoms with van der Waals surface area (Å²) in [4.78, 5) is 10.5. The lowest BCUT2D eigenvalue weighted by molar-refractivity contribution is -0.137. The molecule has 2 nitrogen and oxygen atoms in total. The molecule has 4 aromatic carbocycles. The summed E-state index contributed by atoms with van der Waals surface area (Å²) in [5.41, 5.74) is 1.47. The maximum Gasteiger partial charge on any atom is 0.303 e. The van der Waals surface area contributed by atoms with Crippen LogP contribution < -0.4 is 0 Å². The molecule has 0 heterocycles. The van der Waals surface area contributed by atoms with Crippen LogP contribution in [0.3, 0.4) is 0 Å². The summed E-state index contributed by atoms with van der Waals surface area (Å²) < 4.78 is 0. The monoisotopic (exact) mass is 372 g/mol. The second-order valence-electron chi connectivity index (χ2n) is 7.95. The number of carboxylic acid groups (broad SMARTS) is 1. The number of aryl methyl sites for hydroxylation is 1. The molecule has 0 atom stereocenters. The number of hydrogen-bond acceptors (Lipinski definition) is 1. The summed E-state index contributed by atoms with van der Waals surface area (Å²) in [7, 11) is 0. The molecule has 0 bridgehead atoms. The Morgan fingerprint density at radius 2 is 1.21 bits per heavy atom.